The normalized spacial score (nSPS) is 18.2. The van der Waals surface area contributed by atoms with Gasteiger partial charge in [-0.05, 0) is 38.3 Å². The second-order valence-corrected chi connectivity index (χ2v) is 4.64. The summed E-state index contributed by atoms with van der Waals surface area (Å²) in [5.41, 5.74) is 1.30. The van der Waals surface area contributed by atoms with Gasteiger partial charge in [0, 0.05) is 12.1 Å². The van der Waals surface area contributed by atoms with Crippen molar-refractivity contribution >= 4 is 0 Å². The summed E-state index contributed by atoms with van der Waals surface area (Å²) in [5.74, 6) is 1.96. The van der Waals surface area contributed by atoms with E-state index >= 15 is 0 Å². The van der Waals surface area contributed by atoms with Crippen molar-refractivity contribution in [3.05, 3.63) is 23.7 Å². The second kappa shape index (κ2) is 5.36. The summed E-state index contributed by atoms with van der Waals surface area (Å²) in [5, 5.41) is 3.54. The monoisotopic (exact) mass is 207 g/mol. The zero-order valence-electron chi connectivity index (χ0n) is 9.59. The summed E-state index contributed by atoms with van der Waals surface area (Å²) in [6.07, 6.45) is 8.90. The van der Waals surface area contributed by atoms with E-state index in [9.17, 15) is 0 Å². The van der Waals surface area contributed by atoms with E-state index in [1.165, 1.54) is 44.2 Å². The van der Waals surface area contributed by atoms with Crippen LogP contribution in [-0.4, -0.2) is 6.54 Å². The molecule has 2 rings (SSSR count). The molecular weight excluding hydrogens is 186 g/mol. The minimum atomic E-state index is 0.908. The Morgan fingerprint density at radius 3 is 2.80 bits per heavy atom. The maximum absolute atomic E-state index is 5.27. The molecule has 0 radical (unpaired) electrons. The highest BCUT2D eigenvalue weighted by atomic mass is 16.3. The third kappa shape index (κ3) is 3.10. The molecule has 0 unspecified atom stereocenters. The van der Waals surface area contributed by atoms with Crippen LogP contribution in [0, 0.1) is 12.8 Å². The Kier molecular flexibility index (Phi) is 3.84. The summed E-state index contributed by atoms with van der Waals surface area (Å²) in [6.45, 7) is 4.15. The predicted octanol–water partition coefficient (Wildman–Crippen LogP) is 3.26. The van der Waals surface area contributed by atoms with E-state index in [1.54, 1.807) is 6.26 Å². The zero-order chi connectivity index (χ0) is 10.5. The van der Waals surface area contributed by atoms with Gasteiger partial charge in [0.25, 0.3) is 0 Å². The standard InChI is InChI=1S/C13H21NO/c1-11-13(7-8-15-11)10-14-9-12-5-3-2-4-6-12/h7-8,12,14H,2-6,9-10H2,1H3. The molecule has 0 spiro atoms. The number of furan rings is 1. The van der Waals surface area contributed by atoms with Crippen molar-refractivity contribution in [2.75, 3.05) is 6.54 Å². The van der Waals surface area contributed by atoms with E-state index in [2.05, 4.69) is 11.4 Å². The van der Waals surface area contributed by atoms with E-state index in [0.717, 1.165) is 18.2 Å². The van der Waals surface area contributed by atoms with Gasteiger partial charge in [0.1, 0.15) is 5.76 Å². The number of hydrogen-bond acceptors (Lipinski definition) is 2. The first-order valence-electron chi connectivity index (χ1n) is 6.10. The van der Waals surface area contributed by atoms with Crippen LogP contribution >= 0.6 is 0 Å². The van der Waals surface area contributed by atoms with Crippen molar-refractivity contribution in [2.24, 2.45) is 5.92 Å². The summed E-state index contributed by atoms with van der Waals surface area (Å²) >= 11 is 0. The summed E-state index contributed by atoms with van der Waals surface area (Å²) in [4.78, 5) is 0. The maximum atomic E-state index is 5.27. The summed E-state index contributed by atoms with van der Waals surface area (Å²) in [7, 11) is 0. The van der Waals surface area contributed by atoms with Gasteiger partial charge in [0.15, 0.2) is 0 Å². The lowest BCUT2D eigenvalue weighted by Gasteiger charge is -2.21. The highest BCUT2D eigenvalue weighted by Gasteiger charge is 2.12. The van der Waals surface area contributed by atoms with Crippen LogP contribution in [0.2, 0.25) is 0 Å². The van der Waals surface area contributed by atoms with Crippen LogP contribution in [0.15, 0.2) is 16.7 Å². The second-order valence-electron chi connectivity index (χ2n) is 4.64. The average Bonchev–Trinajstić information content (AvgIpc) is 2.66. The van der Waals surface area contributed by atoms with Gasteiger partial charge < -0.3 is 9.73 Å². The minimum Gasteiger partial charge on any atom is -0.469 e. The third-order valence-electron chi connectivity index (χ3n) is 3.44. The summed E-state index contributed by atoms with van der Waals surface area (Å²) in [6, 6.07) is 2.06. The van der Waals surface area contributed by atoms with Crippen molar-refractivity contribution in [1.82, 2.24) is 5.32 Å². The van der Waals surface area contributed by atoms with Crippen molar-refractivity contribution < 1.29 is 4.42 Å². The fourth-order valence-electron chi connectivity index (χ4n) is 2.40. The predicted molar refractivity (Wildman–Crippen MR) is 61.7 cm³/mol. The van der Waals surface area contributed by atoms with E-state index in [0.29, 0.717) is 0 Å². The molecule has 2 heteroatoms. The molecule has 0 aliphatic heterocycles. The average molecular weight is 207 g/mol. The number of rotatable bonds is 4. The first-order valence-corrected chi connectivity index (χ1v) is 6.10. The highest BCUT2D eigenvalue weighted by Crippen LogP contribution is 2.22. The Morgan fingerprint density at radius 1 is 1.33 bits per heavy atom. The molecule has 1 fully saturated rings. The minimum absolute atomic E-state index is 0.908. The molecule has 1 aromatic rings. The Bertz CT molecular complexity index is 286. The Labute approximate surface area is 92.1 Å². The van der Waals surface area contributed by atoms with Crippen molar-refractivity contribution in [3.8, 4) is 0 Å². The molecule has 0 aromatic carbocycles. The van der Waals surface area contributed by atoms with Crippen LogP contribution < -0.4 is 5.32 Å². The van der Waals surface area contributed by atoms with Crippen LogP contribution in [0.25, 0.3) is 0 Å². The van der Waals surface area contributed by atoms with Crippen LogP contribution in [0.5, 0.6) is 0 Å². The van der Waals surface area contributed by atoms with Crippen molar-refractivity contribution in [1.29, 1.82) is 0 Å². The van der Waals surface area contributed by atoms with E-state index in [4.69, 9.17) is 4.42 Å². The van der Waals surface area contributed by atoms with Gasteiger partial charge in [0.05, 0.1) is 6.26 Å². The molecule has 1 heterocycles. The fraction of sp³-hybridized carbons (Fsp3) is 0.692. The number of nitrogens with one attached hydrogen (secondary N) is 1. The Balaban J connectivity index is 1.68. The molecule has 1 aliphatic rings. The Morgan fingerprint density at radius 2 is 2.13 bits per heavy atom. The fourth-order valence-corrected chi connectivity index (χ4v) is 2.40. The van der Waals surface area contributed by atoms with Gasteiger partial charge in [-0.2, -0.15) is 0 Å². The summed E-state index contributed by atoms with van der Waals surface area (Å²) < 4.78 is 5.27. The van der Waals surface area contributed by atoms with Crippen LogP contribution in [0.1, 0.15) is 43.4 Å². The smallest absolute Gasteiger partial charge is 0.105 e. The largest absolute Gasteiger partial charge is 0.469 e. The first-order chi connectivity index (χ1) is 7.36. The first kappa shape index (κ1) is 10.7. The van der Waals surface area contributed by atoms with E-state index < -0.39 is 0 Å². The van der Waals surface area contributed by atoms with E-state index in [-0.39, 0.29) is 0 Å². The third-order valence-corrected chi connectivity index (χ3v) is 3.44. The maximum Gasteiger partial charge on any atom is 0.105 e. The molecular formula is C13H21NO. The van der Waals surface area contributed by atoms with Gasteiger partial charge in [-0.25, -0.2) is 0 Å². The highest BCUT2D eigenvalue weighted by molar-refractivity contribution is 5.14. The van der Waals surface area contributed by atoms with Crippen LogP contribution in [-0.2, 0) is 6.54 Å². The molecule has 84 valence electrons. The molecule has 1 N–H and O–H groups in total. The lowest BCUT2D eigenvalue weighted by molar-refractivity contribution is 0.341. The molecule has 0 bridgehead atoms. The molecule has 2 nitrogen and oxygen atoms in total. The van der Waals surface area contributed by atoms with Gasteiger partial charge in [-0.15, -0.1) is 0 Å². The van der Waals surface area contributed by atoms with E-state index in [1.807, 2.05) is 6.92 Å². The molecule has 0 amide bonds. The van der Waals surface area contributed by atoms with Crippen LogP contribution in [0.3, 0.4) is 0 Å². The van der Waals surface area contributed by atoms with Crippen molar-refractivity contribution in [3.63, 3.8) is 0 Å². The van der Waals surface area contributed by atoms with Gasteiger partial charge >= 0.3 is 0 Å². The van der Waals surface area contributed by atoms with Gasteiger partial charge in [-0.1, -0.05) is 19.3 Å². The quantitative estimate of drug-likeness (QED) is 0.819. The van der Waals surface area contributed by atoms with Crippen LogP contribution in [0.4, 0.5) is 0 Å². The molecule has 1 aromatic heterocycles. The zero-order valence-corrected chi connectivity index (χ0v) is 9.59. The molecule has 15 heavy (non-hydrogen) atoms. The SMILES string of the molecule is Cc1occc1CNCC1CCCCC1. The molecule has 0 saturated heterocycles. The topological polar surface area (TPSA) is 25.2 Å². The molecule has 0 atom stereocenters. The number of hydrogen-bond donors (Lipinski definition) is 1. The molecule has 1 aliphatic carbocycles. The lowest BCUT2D eigenvalue weighted by Crippen LogP contribution is -2.24. The van der Waals surface area contributed by atoms with Gasteiger partial charge in [-0.3, -0.25) is 0 Å². The number of aryl methyl sites for hydroxylation is 1. The van der Waals surface area contributed by atoms with Gasteiger partial charge in [0.2, 0.25) is 0 Å². The Hall–Kier alpha value is -0.760. The molecule has 1 saturated carbocycles. The lowest BCUT2D eigenvalue weighted by atomic mass is 9.89. The van der Waals surface area contributed by atoms with Crippen molar-refractivity contribution in [2.45, 2.75) is 45.6 Å².